The van der Waals surface area contributed by atoms with Gasteiger partial charge >= 0.3 is 0 Å². The molecule has 0 heterocycles. The Morgan fingerprint density at radius 1 is 0.833 bits per heavy atom. The highest BCUT2D eigenvalue weighted by Crippen LogP contribution is 2.33. The number of ketones is 1. The van der Waals surface area contributed by atoms with Gasteiger partial charge in [-0.15, -0.1) is 0 Å². The summed E-state index contributed by atoms with van der Waals surface area (Å²) in [4.78, 5) is 13.0. The van der Waals surface area contributed by atoms with Gasteiger partial charge in [-0.2, -0.15) is 0 Å². The van der Waals surface area contributed by atoms with Crippen molar-refractivity contribution in [3.05, 3.63) is 83.4 Å². The van der Waals surface area contributed by atoms with Crippen molar-refractivity contribution in [2.75, 3.05) is 26.6 Å². The lowest BCUT2D eigenvalue weighted by Gasteiger charge is -2.21. The van der Waals surface area contributed by atoms with Gasteiger partial charge in [0, 0.05) is 17.7 Å². The average molecular weight is 405 g/mol. The van der Waals surface area contributed by atoms with E-state index in [2.05, 4.69) is 5.32 Å². The van der Waals surface area contributed by atoms with E-state index in [4.69, 9.17) is 14.2 Å². The van der Waals surface area contributed by atoms with Gasteiger partial charge in [0.05, 0.1) is 27.4 Å². The predicted molar refractivity (Wildman–Crippen MR) is 119 cm³/mol. The van der Waals surface area contributed by atoms with Crippen molar-refractivity contribution < 1.29 is 19.0 Å². The molecular formula is C25H27NO4. The molecule has 0 radical (unpaired) electrons. The van der Waals surface area contributed by atoms with Crippen LogP contribution in [0.3, 0.4) is 0 Å². The lowest BCUT2D eigenvalue weighted by Crippen LogP contribution is -2.16. The SMILES string of the molecule is COc1ccc(NC(CC(=O)c2ccc(C)cc2)c2ccc(OC)c(OC)c2)cc1. The number of benzene rings is 3. The van der Waals surface area contributed by atoms with E-state index in [9.17, 15) is 4.79 Å². The van der Waals surface area contributed by atoms with E-state index in [1.165, 1.54) is 0 Å². The fourth-order valence-electron chi connectivity index (χ4n) is 3.25. The van der Waals surface area contributed by atoms with Crippen molar-refractivity contribution >= 4 is 11.5 Å². The van der Waals surface area contributed by atoms with Crippen molar-refractivity contribution in [2.24, 2.45) is 0 Å². The van der Waals surface area contributed by atoms with E-state index in [1.807, 2.05) is 73.7 Å². The number of ether oxygens (including phenoxy) is 3. The number of carbonyl (C=O) groups is 1. The molecule has 0 spiro atoms. The van der Waals surface area contributed by atoms with E-state index in [1.54, 1.807) is 21.3 Å². The van der Waals surface area contributed by atoms with E-state index in [0.29, 0.717) is 23.5 Å². The molecular weight excluding hydrogens is 378 g/mol. The second-order valence-electron chi connectivity index (χ2n) is 7.03. The van der Waals surface area contributed by atoms with E-state index < -0.39 is 0 Å². The summed E-state index contributed by atoms with van der Waals surface area (Å²) in [6, 6.07) is 20.8. The summed E-state index contributed by atoms with van der Waals surface area (Å²) < 4.78 is 16.0. The zero-order valence-electron chi connectivity index (χ0n) is 17.8. The van der Waals surface area contributed by atoms with Crippen LogP contribution in [0.1, 0.15) is 33.9 Å². The topological polar surface area (TPSA) is 56.8 Å². The van der Waals surface area contributed by atoms with Gasteiger partial charge in [0.1, 0.15) is 5.75 Å². The number of nitrogens with one attached hydrogen (secondary N) is 1. The van der Waals surface area contributed by atoms with E-state index in [0.717, 1.165) is 22.6 Å². The molecule has 3 rings (SSSR count). The number of methoxy groups -OCH3 is 3. The molecule has 3 aromatic carbocycles. The third-order valence-electron chi connectivity index (χ3n) is 5.00. The van der Waals surface area contributed by atoms with Crippen LogP contribution in [-0.2, 0) is 0 Å². The quantitative estimate of drug-likeness (QED) is 0.480. The average Bonchev–Trinajstić information content (AvgIpc) is 2.79. The maximum absolute atomic E-state index is 13.0. The fraction of sp³-hybridized carbons (Fsp3) is 0.240. The second kappa shape index (κ2) is 9.83. The van der Waals surface area contributed by atoms with Crippen molar-refractivity contribution in [3.8, 4) is 17.2 Å². The maximum Gasteiger partial charge on any atom is 0.165 e. The zero-order chi connectivity index (χ0) is 21.5. The zero-order valence-corrected chi connectivity index (χ0v) is 17.8. The first-order valence-corrected chi connectivity index (χ1v) is 9.76. The molecule has 1 unspecified atom stereocenters. The Bertz CT molecular complexity index is 981. The number of hydrogen-bond acceptors (Lipinski definition) is 5. The molecule has 0 bridgehead atoms. The van der Waals surface area contributed by atoms with Crippen molar-refractivity contribution in [3.63, 3.8) is 0 Å². The first-order chi connectivity index (χ1) is 14.5. The number of anilines is 1. The highest BCUT2D eigenvalue weighted by atomic mass is 16.5. The first kappa shape index (κ1) is 21.2. The third kappa shape index (κ3) is 5.11. The van der Waals surface area contributed by atoms with Gasteiger partial charge in [-0.1, -0.05) is 35.9 Å². The smallest absolute Gasteiger partial charge is 0.165 e. The monoisotopic (exact) mass is 405 g/mol. The number of Topliss-reactive ketones (excluding diaryl/α,β-unsaturated/α-hetero) is 1. The summed E-state index contributed by atoms with van der Waals surface area (Å²) in [5.41, 5.74) is 3.65. The predicted octanol–water partition coefficient (Wildman–Crippen LogP) is 5.45. The maximum atomic E-state index is 13.0. The molecule has 0 amide bonds. The molecule has 1 atom stereocenters. The summed E-state index contributed by atoms with van der Waals surface area (Å²) in [7, 11) is 4.84. The van der Waals surface area contributed by atoms with Gasteiger partial charge in [0.25, 0.3) is 0 Å². The first-order valence-electron chi connectivity index (χ1n) is 9.76. The van der Waals surface area contributed by atoms with Crippen LogP contribution in [-0.4, -0.2) is 27.1 Å². The van der Waals surface area contributed by atoms with Gasteiger partial charge < -0.3 is 19.5 Å². The lowest BCUT2D eigenvalue weighted by atomic mass is 9.96. The Morgan fingerprint density at radius 2 is 1.50 bits per heavy atom. The summed E-state index contributed by atoms with van der Waals surface area (Å²) in [5, 5.41) is 3.47. The lowest BCUT2D eigenvalue weighted by molar-refractivity contribution is 0.0976. The molecule has 30 heavy (non-hydrogen) atoms. The van der Waals surface area contributed by atoms with Crippen LogP contribution in [0.25, 0.3) is 0 Å². The summed E-state index contributed by atoms with van der Waals surface area (Å²) in [5.74, 6) is 2.11. The van der Waals surface area contributed by atoms with Gasteiger partial charge in [0.2, 0.25) is 0 Å². The summed E-state index contributed by atoms with van der Waals surface area (Å²) >= 11 is 0. The number of hydrogen-bond donors (Lipinski definition) is 1. The molecule has 0 aliphatic rings. The molecule has 0 aliphatic carbocycles. The Kier molecular flexibility index (Phi) is 6.96. The van der Waals surface area contributed by atoms with E-state index in [-0.39, 0.29) is 11.8 Å². The normalized spacial score (nSPS) is 11.5. The molecule has 0 saturated heterocycles. The molecule has 0 fully saturated rings. The van der Waals surface area contributed by atoms with Gasteiger partial charge in [-0.3, -0.25) is 4.79 Å². The Morgan fingerprint density at radius 3 is 2.10 bits per heavy atom. The molecule has 5 nitrogen and oxygen atoms in total. The molecule has 156 valence electrons. The third-order valence-corrected chi connectivity index (χ3v) is 5.00. The van der Waals surface area contributed by atoms with Gasteiger partial charge in [-0.05, 0) is 48.9 Å². The summed E-state index contributed by atoms with van der Waals surface area (Å²) in [6.07, 6.45) is 0.296. The molecule has 0 aliphatic heterocycles. The fourth-order valence-corrected chi connectivity index (χ4v) is 3.25. The van der Waals surface area contributed by atoms with Crippen LogP contribution < -0.4 is 19.5 Å². The summed E-state index contributed by atoms with van der Waals surface area (Å²) in [6.45, 7) is 2.01. The van der Waals surface area contributed by atoms with Crippen molar-refractivity contribution in [1.82, 2.24) is 0 Å². The number of carbonyl (C=O) groups excluding carboxylic acids is 1. The Balaban J connectivity index is 1.90. The second-order valence-corrected chi connectivity index (χ2v) is 7.03. The minimum atomic E-state index is -0.244. The molecule has 0 saturated carbocycles. The highest BCUT2D eigenvalue weighted by molar-refractivity contribution is 5.96. The van der Waals surface area contributed by atoms with Crippen LogP contribution in [0.5, 0.6) is 17.2 Å². The number of aryl methyl sites for hydroxylation is 1. The van der Waals surface area contributed by atoms with Gasteiger partial charge in [-0.25, -0.2) is 0 Å². The van der Waals surface area contributed by atoms with Crippen LogP contribution in [0.15, 0.2) is 66.7 Å². The van der Waals surface area contributed by atoms with Crippen LogP contribution in [0, 0.1) is 6.92 Å². The molecule has 0 aromatic heterocycles. The van der Waals surface area contributed by atoms with Crippen molar-refractivity contribution in [1.29, 1.82) is 0 Å². The van der Waals surface area contributed by atoms with Crippen LogP contribution >= 0.6 is 0 Å². The van der Waals surface area contributed by atoms with E-state index >= 15 is 0 Å². The Hall–Kier alpha value is -3.47. The molecule has 3 aromatic rings. The molecule has 5 heteroatoms. The minimum Gasteiger partial charge on any atom is -0.497 e. The standard InChI is InChI=1S/C25H27NO4/c1-17-5-7-18(8-6-17)23(27)16-22(26-20-10-12-21(28-2)13-11-20)19-9-14-24(29-3)25(15-19)30-4/h5-15,22,26H,16H2,1-4H3. The van der Waals surface area contributed by atoms with Crippen LogP contribution in [0.4, 0.5) is 5.69 Å². The number of rotatable bonds is 9. The van der Waals surface area contributed by atoms with Crippen molar-refractivity contribution in [2.45, 2.75) is 19.4 Å². The van der Waals surface area contributed by atoms with Crippen LogP contribution in [0.2, 0.25) is 0 Å². The van der Waals surface area contributed by atoms with Gasteiger partial charge in [0.15, 0.2) is 17.3 Å². The minimum absolute atomic E-state index is 0.0656. The molecule has 1 N–H and O–H groups in total. The Labute approximate surface area is 177 Å². The largest absolute Gasteiger partial charge is 0.497 e. The highest BCUT2D eigenvalue weighted by Gasteiger charge is 2.19.